The van der Waals surface area contributed by atoms with Crippen LogP contribution in [0.15, 0.2) is 18.2 Å². The average Bonchev–Trinajstić information content (AvgIpc) is 2.60. The van der Waals surface area contributed by atoms with Gasteiger partial charge in [0.2, 0.25) is 0 Å². The molecule has 6 heteroatoms. The highest BCUT2D eigenvalue weighted by Gasteiger charge is 2.29. The Morgan fingerprint density at radius 1 is 1.22 bits per heavy atom. The zero-order valence-electron chi connectivity index (χ0n) is 9.34. The van der Waals surface area contributed by atoms with Crippen LogP contribution in [-0.4, -0.2) is 29.6 Å². The zero-order valence-corrected chi connectivity index (χ0v) is 9.34. The maximum Gasteiger partial charge on any atom is 0.347 e. The van der Waals surface area contributed by atoms with Crippen molar-refractivity contribution in [2.24, 2.45) is 0 Å². The van der Waals surface area contributed by atoms with E-state index in [1.165, 1.54) is 12.1 Å². The standard InChI is InChI=1S/C12H10O6/c13-10(14)2-1-5-17-7-3-4-8-9(6-7)12(16)18-11(8)15/h3-4,6H,1-2,5H2,(H,13,14). The highest BCUT2D eigenvalue weighted by atomic mass is 16.6. The van der Waals surface area contributed by atoms with Crippen molar-refractivity contribution in [1.29, 1.82) is 0 Å². The molecule has 0 saturated carbocycles. The summed E-state index contributed by atoms with van der Waals surface area (Å²) in [6, 6.07) is 4.41. The summed E-state index contributed by atoms with van der Waals surface area (Å²) in [5.41, 5.74) is 0.397. The largest absolute Gasteiger partial charge is 0.494 e. The molecule has 0 unspecified atom stereocenters. The number of fused-ring (bicyclic) bond motifs is 1. The van der Waals surface area contributed by atoms with E-state index in [0.717, 1.165) is 0 Å². The maximum absolute atomic E-state index is 11.3. The van der Waals surface area contributed by atoms with Crippen LogP contribution in [0.2, 0.25) is 0 Å². The summed E-state index contributed by atoms with van der Waals surface area (Å²) < 4.78 is 9.72. The number of carbonyl (C=O) groups is 3. The summed E-state index contributed by atoms with van der Waals surface area (Å²) in [7, 11) is 0. The van der Waals surface area contributed by atoms with Gasteiger partial charge in [0.25, 0.3) is 0 Å². The van der Waals surface area contributed by atoms with Crippen molar-refractivity contribution < 1.29 is 29.0 Å². The molecule has 18 heavy (non-hydrogen) atoms. The van der Waals surface area contributed by atoms with Gasteiger partial charge in [-0.05, 0) is 24.6 Å². The second-order valence-corrected chi connectivity index (χ2v) is 3.73. The number of aliphatic carboxylic acids is 1. The molecular weight excluding hydrogens is 240 g/mol. The van der Waals surface area contributed by atoms with Gasteiger partial charge in [0.05, 0.1) is 17.7 Å². The van der Waals surface area contributed by atoms with Crippen LogP contribution in [0.4, 0.5) is 0 Å². The Bertz CT molecular complexity index is 519. The Morgan fingerprint density at radius 2 is 1.94 bits per heavy atom. The van der Waals surface area contributed by atoms with Crippen molar-refractivity contribution in [1.82, 2.24) is 0 Å². The molecule has 1 aromatic rings. The molecule has 0 atom stereocenters. The van der Waals surface area contributed by atoms with Gasteiger partial charge in [-0.2, -0.15) is 0 Å². The molecular formula is C12H10O6. The van der Waals surface area contributed by atoms with Crippen molar-refractivity contribution in [2.75, 3.05) is 6.61 Å². The quantitative estimate of drug-likeness (QED) is 0.480. The number of hydrogen-bond donors (Lipinski definition) is 1. The first-order valence-electron chi connectivity index (χ1n) is 5.33. The molecule has 0 bridgehead atoms. The SMILES string of the molecule is O=C(O)CCCOc1ccc2c(c1)C(=O)OC2=O. The summed E-state index contributed by atoms with van der Waals surface area (Å²) in [5.74, 6) is -1.83. The molecule has 0 aliphatic carbocycles. The summed E-state index contributed by atoms with van der Waals surface area (Å²) in [5, 5.41) is 8.45. The molecule has 0 fully saturated rings. The predicted molar refractivity (Wildman–Crippen MR) is 58.6 cm³/mol. The van der Waals surface area contributed by atoms with E-state index < -0.39 is 17.9 Å². The van der Waals surface area contributed by atoms with Gasteiger partial charge in [-0.1, -0.05) is 0 Å². The van der Waals surface area contributed by atoms with Crippen LogP contribution in [-0.2, 0) is 9.53 Å². The molecule has 0 saturated heterocycles. The third kappa shape index (κ3) is 2.48. The number of cyclic esters (lactones) is 2. The Kier molecular flexibility index (Phi) is 3.27. The molecule has 2 rings (SSSR count). The lowest BCUT2D eigenvalue weighted by Crippen LogP contribution is -2.02. The van der Waals surface area contributed by atoms with Crippen molar-refractivity contribution in [3.63, 3.8) is 0 Å². The summed E-state index contributed by atoms with van der Waals surface area (Å²) >= 11 is 0. The number of rotatable bonds is 5. The first-order valence-corrected chi connectivity index (χ1v) is 5.33. The van der Waals surface area contributed by atoms with Crippen LogP contribution in [0, 0.1) is 0 Å². The van der Waals surface area contributed by atoms with Gasteiger partial charge in [-0.15, -0.1) is 0 Å². The lowest BCUT2D eigenvalue weighted by atomic mass is 10.1. The highest BCUT2D eigenvalue weighted by Crippen LogP contribution is 2.24. The minimum atomic E-state index is -0.887. The van der Waals surface area contributed by atoms with Crippen LogP contribution in [0.1, 0.15) is 33.6 Å². The Hall–Kier alpha value is -2.37. The molecule has 0 aromatic heterocycles. The van der Waals surface area contributed by atoms with Crippen LogP contribution in [0.3, 0.4) is 0 Å². The van der Waals surface area contributed by atoms with Gasteiger partial charge in [0.1, 0.15) is 5.75 Å². The van der Waals surface area contributed by atoms with Gasteiger partial charge in [0.15, 0.2) is 0 Å². The minimum absolute atomic E-state index is 0.0193. The normalized spacial score (nSPS) is 13.1. The smallest absolute Gasteiger partial charge is 0.347 e. The number of benzene rings is 1. The number of carboxylic acids is 1. The van der Waals surface area contributed by atoms with Crippen LogP contribution in [0.5, 0.6) is 5.75 Å². The summed E-state index contributed by atoms with van der Waals surface area (Å²) in [6.45, 7) is 0.230. The number of hydrogen-bond acceptors (Lipinski definition) is 5. The van der Waals surface area contributed by atoms with Crippen molar-refractivity contribution >= 4 is 17.9 Å². The Labute approximate surface area is 102 Å². The Morgan fingerprint density at radius 3 is 2.67 bits per heavy atom. The van der Waals surface area contributed by atoms with E-state index in [2.05, 4.69) is 4.74 Å². The molecule has 94 valence electrons. The highest BCUT2D eigenvalue weighted by molar-refractivity contribution is 6.14. The number of carboxylic acid groups (broad SMARTS) is 1. The lowest BCUT2D eigenvalue weighted by molar-refractivity contribution is -0.137. The predicted octanol–water partition coefficient (Wildman–Crippen LogP) is 1.24. The van der Waals surface area contributed by atoms with Crippen LogP contribution in [0.25, 0.3) is 0 Å². The molecule has 1 heterocycles. The summed E-state index contributed by atoms with van der Waals surface area (Å²) in [4.78, 5) is 32.7. The molecule has 1 aromatic carbocycles. The van der Waals surface area contributed by atoms with Gasteiger partial charge < -0.3 is 14.6 Å². The van der Waals surface area contributed by atoms with Gasteiger partial charge in [-0.3, -0.25) is 4.79 Å². The third-order valence-corrected chi connectivity index (χ3v) is 2.42. The number of ether oxygens (including phenoxy) is 2. The number of carbonyl (C=O) groups excluding carboxylic acids is 2. The molecule has 1 aliphatic heterocycles. The fourth-order valence-corrected chi connectivity index (χ4v) is 1.57. The molecule has 6 nitrogen and oxygen atoms in total. The number of esters is 2. The van der Waals surface area contributed by atoms with Crippen molar-refractivity contribution in [3.05, 3.63) is 29.3 Å². The maximum atomic E-state index is 11.3. The summed E-state index contributed by atoms with van der Waals surface area (Å²) in [6.07, 6.45) is 0.390. The zero-order chi connectivity index (χ0) is 13.1. The second-order valence-electron chi connectivity index (χ2n) is 3.73. The molecule has 1 N–H and O–H groups in total. The third-order valence-electron chi connectivity index (χ3n) is 2.42. The van der Waals surface area contributed by atoms with E-state index in [-0.39, 0.29) is 24.2 Å². The van der Waals surface area contributed by atoms with Crippen molar-refractivity contribution in [2.45, 2.75) is 12.8 Å². The van der Waals surface area contributed by atoms with Gasteiger partial charge in [-0.25, -0.2) is 9.59 Å². The van der Waals surface area contributed by atoms with E-state index in [9.17, 15) is 14.4 Å². The minimum Gasteiger partial charge on any atom is -0.494 e. The monoisotopic (exact) mass is 250 g/mol. The second kappa shape index (κ2) is 4.87. The fraction of sp³-hybridized carbons (Fsp3) is 0.250. The van der Waals surface area contributed by atoms with E-state index in [1.54, 1.807) is 6.07 Å². The van der Waals surface area contributed by atoms with E-state index >= 15 is 0 Å². The van der Waals surface area contributed by atoms with Crippen molar-refractivity contribution in [3.8, 4) is 5.75 Å². The fourth-order valence-electron chi connectivity index (χ4n) is 1.57. The first kappa shape index (κ1) is 12.1. The van der Waals surface area contributed by atoms with E-state index in [1.807, 2.05) is 0 Å². The van der Waals surface area contributed by atoms with Crippen LogP contribution < -0.4 is 4.74 Å². The lowest BCUT2D eigenvalue weighted by Gasteiger charge is -2.05. The topological polar surface area (TPSA) is 89.9 Å². The average molecular weight is 250 g/mol. The molecule has 0 amide bonds. The molecule has 1 aliphatic rings. The molecule has 0 radical (unpaired) electrons. The van der Waals surface area contributed by atoms with Crippen LogP contribution >= 0.6 is 0 Å². The first-order chi connectivity index (χ1) is 8.58. The van der Waals surface area contributed by atoms with E-state index in [4.69, 9.17) is 9.84 Å². The Balaban J connectivity index is 1.99. The van der Waals surface area contributed by atoms with Gasteiger partial charge >= 0.3 is 17.9 Å². The molecule has 0 spiro atoms. The van der Waals surface area contributed by atoms with E-state index in [0.29, 0.717) is 12.2 Å². The van der Waals surface area contributed by atoms with Gasteiger partial charge in [0, 0.05) is 6.42 Å².